The highest BCUT2D eigenvalue weighted by atomic mass is 19.4. The summed E-state index contributed by atoms with van der Waals surface area (Å²) in [6, 6.07) is 0. The number of ether oxygens (including phenoxy) is 7. The van der Waals surface area contributed by atoms with Gasteiger partial charge in [0.25, 0.3) is 0 Å². The number of hydrogen-bond donors (Lipinski definition) is 4. The fraction of sp³-hybridized carbons (Fsp3) is 0.741. The van der Waals surface area contributed by atoms with Gasteiger partial charge in [-0.1, -0.05) is 0 Å². The van der Waals surface area contributed by atoms with Crippen LogP contribution < -0.4 is 5.32 Å². The summed E-state index contributed by atoms with van der Waals surface area (Å²) >= 11 is 0. The Morgan fingerprint density at radius 1 is 0.717 bits per heavy atom. The zero-order valence-electron chi connectivity index (χ0n) is 25.0. The molecule has 0 bridgehead atoms. The highest BCUT2D eigenvalue weighted by Gasteiger charge is 2.41. The van der Waals surface area contributed by atoms with E-state index in [1.165, 1.54) is 6.08 Å². The molecule has 19 heteroatoms. The molecule has 0 spiro atoms. The molecule has 0 fully saturated rings. The third-order valence-corrected chi connectivity index (χ3v) is 5.84. The predicted molar refractivity (Wildman–Crippen MR) is 146 cm³/mol. The van der Waals surface area contributed by atoms with Gasteiger partial charge in [0.2, 0.25) is 5.91 Å². The highest BCUT2D eigenvalue weighted by molar-refractivity contribution is 5.93. The van der Waals surface area contributed by atoms with E-state index in [9.17, 15) is 37.1 Å². The Morgan fingerprint density at radius 2 is 1.24 bits per heavy atom. The number of nitrogens with one attached hydrogen (secondary N) is 1. The Bertz CT molecular complexity index is 992. The van der Waals surface area contributed by atoms with Crippen molar-refractivity contribution in [1.82, 2.24) is 5.32 Å². The summed E-state index contributed by atoms with van der Waals surface area (Å²) < 4.78 is 72.8. The lowest BCUT2D eigenvalue weighted by molar-refractivity contribution is -0.200. The molecule has 0 unspecified atom stereocenters. The van der Waals surface area contributed by atoms with Crippen LogP contribution >= 0.6 is 0 Å². The quantitative estimate of drug-likeness (QED) is 0.0726. The van der Waals surface area contributed by atoms with Gasteiger partial charge < -0.3 is 53.8 Å². The molecular weight excluding hydrogens is 635 g/mol. The molecule has 3 atom stereocenters. The maximum absolute atomic E-state index is 12.9. The predicted octanol–water partition coefficient (Wildman–Crippen LogP) is 0.558. The fourth-order valence-corrected chi connectivity index (χ4v) is 3.73. The van der Waals surface area contributed by atoms with Gasteiger partial charge in [-0.15, -0.1) is 0 Å². The van der Waals surface area contributed by atoms with Crippen LogP contribution in [0.1, 0.15) is 32.1 Å². The van der Waals surface area contributed by atoms with E-state index in [0.717, 1.165) is 0 Å². The molecule has 4 N–H and O–H groups in total. The topological polar surface area (TPSA) is 223 Å². The molecule has 1 aliphatic rings. The largest absolute Gasteiger partial charge is 0.490 e. The summed E-state index contributed by atoms with van der Waals surface area (Å²) in [5.41, 5.74) is 0.209. The average Bonchev–Trinajstić information content (AvgIpc) is 2.96. The molecule has 0 aromatic rings. The average molecular weight is 676 g/mol. The number of alkyl halides is 3. The van der Waals surface area contributed by atoms with Gasteiger partial charge in [-0.2, -0.15) is 13.2 Å². The molecule has 0 saturated heterocycles. The number of carboxylic acid groups (broad SMARTS) is 3. The van der Waals surface area contributed by atoms with Crippen LogP contribution in [-0.2, 0) is 57.1 Å². The molecule has 16 nitrogen and oxygen atoms in total. The second kappa shape index (κ2) is 23.0. The van der Waals surface area contributed by atoms with Crippen molar-refractivity contribution >= 4 is 29.8 Å². The summed E-state index contributed by atoms with van der Waals surface area (Å²) in [4.78, 5) is 56.3. The molecule has 0 radical (unpaired) electrons. The van der Waals surface area contributed by atoms with Crippen molar-refractivity contribution in [3.8, 4) is 0 Å². The van der Waals surface area contributed by atoms with Gasteiger partial charge >= 0.3 is 30.1 Å². The van der Waals surface area contributed by atoms with Crippen molar-refractivity contribution in [3.05, 3.63) is 11.6 Å². The molecule has 1 rings (SSSR count). The third-order valence-electron chi connectivity index (χ3n) is 5.84. The van der Waals surface area contributed by atoms with Crippen LogP contribution in [0.2, 0.25) is 0 Å². The Kier molecular flexibility index (Phi) is 20.4. The maximum Gasteiger partial charge on any atom is 0.490 e. The second-order valence-corrected chi connectivity index (χ2v) is 9.49. The lowest BCUT2D eigenvalue weighted by atomic mass is 9.91. The molecule has 0 aliphatic heterocycles. The third kappa shape index (κ3) is 19.2. The Labute approximate surface area is 262 Å². The number of aliphatic carboxylic acids is 3. The van der Waals surface area contributed by atoms with E-state index < -0.39 is 60.9 Å². The highest BCUT2D eigenvalue weighted by Crippen LogP contribution is 2.27. The van der Waals surface area contributed by atoms with E-state index in [2.05, 4.69) is 10.1 Å². The first-order valence-corrected chi connectivity index (χ1v) is 14.3. The summed E-state index contributed by atoms with van der Waals surface area (Å²) in [7, 11) is 0. The minimum atomic E-state index is -5.03. The molecule has 264 valence electrons. The van der Waals surface area contributed by atoms with Crippen molar-refractivity contribution < 1.29 is 85.6 Å². The van der Waals surface area contributed by atoms with Crippen LogP contribution in [0.4, 0.5) is 13.2 Å². The van der Waals surface area contributed by atoms with Crippen LogP contribution in [0.15, 0.2) is 11.6 Å². The Morgan fingerprint density at radius 3 is 1.80 bits per heavy atom. The van der Waals surface area contributed by atoms with Gasteiger partial charge in [0.05, 0.1) is 84.8 Å². The molecule has 46 heavy (non-hydrogen) atoms. The number of amides is 1. The standard InChI is InChI=1S/C27H40F3NO15/c28-27(29,30)26(39)46-7-1-6-40-12-14-42-15-13-41-11-5-31-25(38)18-16-19(43-8-2-21(32)33)24(45-10-4-23(36)37)20(17-18)44-9-3-22(34)35/h16,19-20,24H,1-15,17H2,(H,31,38)(H,32,33)(H,34,35)(H,36,37)/t19-,20-,24-/m1/s1. The summed E-state index contributed by atoms with van der Waals surface area (Å²) in [6.45, 7) is -0.102. The normalized spacial score (nSPS) is 18.1. The number of halogens is 3. The van der Waals surface area contributed by atoms with Gasteiger partial charge in [-0.25, -0.2) is 4.79 Å². The van der Waals surface area contributed by atoms with E-state index >= 15 is 0 Å². The smallest absolute Gasteiger partial charge is 0.481 e. The lowest BCUT2D eigenvalue weighted by Crippen LogP contribution is -2.47. The van der Waals surface area contributed by atoms with Gasteiger partial charge in [0, 0.05) is 31.6 Å². The van der Waals surface area contributed by atoms with Gasteiger partial charge in [0.15, 0.2) is 0 Å². The van der Waals surface area contributed by atoms with Gasteiger partial charge in [0.1, 0.15) is 12.2 Å². The first kappa shape index (κ1) is 40.7. The zero-order valence-corrected chi connectivity index (χ0v) is 25.0. The van der Waals surface area contributed by atoms with E-state index in [-0.39, 0.29) is 104 Å². The summed E-state index contributed by atoms with van der Waals surface area (Å²) in [5.74, 6) is -6.12. The zero-order chi connectivity index (χ0) is 34.4. The van der Waals surface area contributed by atoms with Crippen molar-refractivity contribution in [2.75, 3.05) is 72.6 Å². The fourth-order valence-electron chi connectivity index (χ4n) is 3.73. The summed E-state index contributed by atoms with van der Waals surface area (Å²) in [6.07, 6.45) is -7.36. The molecule has 0 aromatic heterocycles. The van der Waals surface area contributed by atoms with E-state index in [1.807, 2.05) is 0 Å². The first-order valence-electron chi connectivity index (χ1n) is 14.3. The monoisotopic (exact) mass is 675 g/mol. The second-order valence-electron chi connectivity index (χ2n) is 9.49. The van der Waals surface area contributed by atoms with E-state index in [1.54, 1.807) is 0 Å². The number of carbonyl (C=O) groups excluding carboxylic acids is 2. The van der Waals surface area contributed by atoms with Crippen LogP contribution in [0, 0.1) is 0 Å². The molecule has 0 heterocycles. The Balaban J connectivity index is 2.45. The van der Waals surface area contributed by atoms with E-state index in [4.69, 9.17) is 43.7 Å². The van der Waals surface area contributed by atoms with Crippen LogP contribution in [0.5, 0.6) is 0 Å². The molecule has 0 saturated carbocycles. The minimum Gasteiger partial charge on any atom is -0.481 e. The van der Waals surface area contributed by atoms with Crippen molar-refractivity contribution in [2.24, 2.45) is 0 Å². The number of carboxylic acids is 3. The number of esters is 1. The van der Waals surface area contributed by atoms with Crippen LogP contribution in [-0.4, -0.2) is 142 Å². The lowest BCUT2D eigenvalue weighted by Gasteiger charge is -2.36. The summed E-state index contributed by atoms with van der Waals surface area (Å²) in [5, 5.41) is 29.5. The van der Waals surface area contributed by atoms with E-state index in [0.29, 0.717) is 0 Å². The van der Waals surface area contributed by atoms with Gasteiger partial charge in [-0.3, -0.25) is 19.2 Å². The van der Waals surface area contributed by atoms with Gasteiger partial charge in [-0.05, 0) is 6.08 Å². The SMILES string of the molecule is O=C(O)CCO[C@@H]1[C@H](OCCC(=O)O)C=C(C(=O)NCCOCCOCCOCCCOC(=O)C(F)(F)F)C[C@H]1OCCC(=O)O. The molecule has 0 aromatic carbocycles. The molecule has 1 aliphatic carbocycles. The first-order chi connectivity index (χ1) is 21.8. The van der Waals surface area contributed by atoms with Crippen molar-refractivity contribution in [3.63, 3.8) is 0 Å². The van der Waals surface area contributed by atoms with Crippen LogP contribution in [0.25, 0.3) is 0 Å². The van der Waals surface area contributed by atoms with Crippen molar-refractivity contribution in [2.45, 2.75) is 56.6 Å². The minimum absolute atomic E-state index is 0.0164. The Hall–Kier alpha value is -3.36. The number of carbonyl (C=O) groups is 5. The number of rotatable bonds is 26. The molecule has 1 amide bonds. The van der Waals surface area contributed by atoms with Crippen molar-refractivity contribution in [1.29, 1.82) is 0 Å². The maximum atomic E-state index is 12.9. The number of hydrogen-bond acceptors (Lipinski definition) is 12. The van der Waals surface area contributed by atoms with Crippen LogP contribution in [0.3, 0.4) is 0 Å². The molecular formula is C27H40F3NO15.